The molecular weight excluding hydrogens is 771 g/mol. The molecule has 10 rings (SSSR count). The SMILES string of the molecule is NCc1cccc(C2CCN(C(=O)c3cccc(OCC(=O)N4C[C@H]5OB(c6cccc7[nH]c(C(=O)N8CCC9(CC8)COc8ccc(CN)cc89)cc67)O[C@@H]5C4)c3)CC2)c1. The Labute approximate surface area is 355 Å². The maximum atomic E-state index is 13.9. The Morgan fingerprint density at radius 3 is 2.26 bits per heavy atom. The lowest BCUT2D eigenvalue weighted by atomic mass is 9.74. The molecule has 61 heavy (non-hydrogen) atoms. The second kappa shape index (κ2) is 16.3. The second-order valence-corrected chi connectivity index (χ2v) is 17.2. The molecule has 2 atom stereocenters. The van der Waals surface area contributed by atoms with E-state index in [9.17, 15) is 14.4 Å². The monoisotopic (exact) mass is 822 g/mol. The third-order valence-electron chi connectivity index (χ3n) is 13.6. The molecule has 0 saturated carbocycles. The van der Waals surface area contributed by atoms with Crippen molar-refractivity contribution in [3.63, 3.8) is 0 Å². The normalized spacial score (nSPS) is 20.9. The van der Waals surface area contributed by atoms with Crippen molar-refractivity contribution >= 4 is 41.2 Å². The van der Waals surface area contributed by atoms with E-state index >= 15 is 0 Å². The van der Waals surface area contributed by atoms with Gasteiger partial charge in [-0.3, -0.25) is 14.4 Å². The zero-order chi connectivity index (χ0) is 41.7. The summed E-state index contributed by atoms with van der Waals surface area (Å²) in [6.45, 7) is 4.83. The minimum Gasteiger partial charge on any atom is -0.492 e. The minimum atomic E-state index is -0.630. The third-order valence-corrected chi connectivity index (χ3v) is 13.6. The van der Waals surface area contributed by atoms with Gasteiger partial charge in [-0.05, 0) is 95.5 Å². The van der Waals surface area contributed by atoms with Crippen molar-refractivity contribution in [3.8, 4) is 11.5 Å². The van der Waals surface area contributed by atoms with E-state index in [4.69, 9.17) is 30.2 Å². The van der Waals surface area contributed by atoms with Gasteiger partial charge in [-0.2, -0.15) is 0 Å². The highest BCUT2D eigenvalue weighted by Gasteiger charge is 2.48. The first-order valence-corrected chi connectivity index (χ1v) is 21.5. The summed E-state index contributed by atoms with van der Waals surface area (Å²) in [7, 11) is -0.630. The average Bonchev–Trinajstić information content (AvgIpc) is 4.11. The molecule has 1 spiro atoms. The Balaban J connectivity index is 0.714. The third kappa shape index (κ3) is 7.56. The summed E-state index contributed by atoms with van der Waals surface area (Å²) in [6.07, 6.45) is 2.83. The van der Waals surface area contributed by atoms with Crippen molar-refractivity contribution in [2.45, 2.75) is 62.3 Å². The van der Waals surface area contributed by atoms with Crippen LogP contribution in [0.5, 0.6) is 11.5 Å². The Kier molecular flexibility index (Phi) is 10.6. The van der Waals surface area contributed by atoms with Gasteiger partial charge in [0.05, 0.1) is 18.8 Å². The van der Waals surface area contributed by atoms with E-state index in [0.717, 1.165) is 58.9 Å². The Morgan fingerprint density at radius 1 is 0.770 bits per heavy atom. The van der Waals surface area contributed by atoms with Gasteiger partial charge in [-0.25, -0.2) is 0 Å². The smallest absolute Gasteiger partial charge is 0.492 e. The van der Waals surface area contributed by atoms with Gasteiger partial charge in [-0.1, -0.05) is 54.6 Å². The Bertz CT molecular complexity index is 2460. The van der Waals surface area contributed by atoms with E-state index in [-0.39, 0.29) is 42.0 Å². The fourth-order valence-electron chi connectivity index (χ4n) is 9.99. The predicted molar refractivity (Wildman–Crippen MR) is 231 cm³/mol. The van der Waals surface area contributed by atoms with Crippen LogP contribution in [0.25, 0.3) is 10.9 Å². The number of hydrogen-bond donors (Lipinski definition) is 3. The maximum absolute atomic E-state index is 13.9. The van der Waals surface area contributed by atoms with Crippen LogP contribution in [0.15, 0.2) is 91.0 Å². The van der Waals surface area contributed by atoms with Crippen LogP contribution in [0.2, 0.25) is 0 Å². The van der Waals surface area contributed by atoms with Crippen molar-refractivity contribution in [1.29, 1.82) is 0 Å². The molecule has 0 bridgehead atoms. The number of benzene rings is 4. The highest BCUT2D eigenvalue weighted by molar-refractivity contribution is 6.65. The zero-order valence-electron chi connectivity index (χ0n) is 34.2. The van der Waals surface area contributed by atoms with Crippen LogP contribution >= 0.6 is 0 Å². The quantitative estimate of drug-likeness (QED) is 0.186. The fraction of sp³-hybridized carbons (Fsp3) is 0.383. The van der Waals surface area contributed by atoms with Crippen LogP contribution in [0.1, 0.15) is 74.7 Å². The van der Waals surface area contributed by atoms with E-state index in [1.807, 2.05) is 52.3 Å². The molecule has 314 valence electrons. The predicted octanol–water partition coefficient (Wildman–Crippen LogP) is 4.07. The van der Waals surface area contributed by atoms with E-state index in [0.29, 0.717) is 81.9 Å². The minimum absolute atomic E-state index is 0.0342. The molecule has 5 N–H and O–H groups in total. The Morgan fingerprint density at radius 2 is 1.49 bits per heavy atom. The number of ether oxygens (including phenoxy) is 2. The standard InChI is InChI=1S/C47H51BN6O7/c49-24-30-4-1-5-33(20-30)32-12-16-52(17-13-32)45(56)34-6-2-7-35(22-34)58-28-44(55)54-26-42-43(27-54)61-48(60-42)38-8-3-9-39-36(38)23-40(51-39)46(57)53-18-14-47(15-19-53)29-59-41-11-10-31(25-50)21-37(41)47/h1-11,20-23,32,42-43,51H,12-19,24-29,49-50H2/t42-,43-/m1/s1. The summed E-state index contributed by atoms with van der Waals surface area (Å²) in [5.41, 5.74) is 19.1. The summed E-state index contributed by atoms with van der Waals surface area (Å²) in [5.74, 6) is 1.55. The number of carbonyl (C=O) groups is 3. The lowest BCUT2D eigenvalue weighted by Crippen LogP contribution is -2.46. The van der Waals surface area contributed by atoms with Crippen molar-refractivity contribution in [3.05, 3.63) is 125 Å². The lowest BCUT2D eigenvalue weighted by Gasteiger charge is -2.38. The first-order valence-electron chi connectivity index (χ1n) is 21.5. The molecule has 4 aromatic carbocycles. The van der Waals surface area contributed by atoms with Crippen LogP contribution in [0.3, 0.4) is 0 Å². The van der Waals surface area contributed by atoms with Gasteiger partial charge in [0.2, 0.25) is 0 Å². The van der Waals surface area contributed by atoms with E-state index < -0.39 is 7.12 Å². The number of aromatic amines is 1. The van der Waals surface area contributed by atoms with Gasteiger partial charge < -0.3 is 49.9 Å². The molecule has 3 amide bonds. The second-order valence-electron chi connectivity index (χ2n) is 17.2. The molecule has 4 saturated heterocycles. The summed E-state index contributed by atoms with van der Waals surface area (Å²) in [4.78, 5) is 49.5. The van der Waals surface area contributed by atoms with Gasteiger partial charge >= 0.3 is 7.12 Å². The molecule has 13 nitrogen and oxygen atoms in total. The summed E-state index contributed by atoms with van der Waals surface area (Å²) in [5, 5.41) is 0.872. The van der Waals surface area contributed by atoms with Gasteiger partial charge in [0, 0.05) is 74.4 Å². The van der Waals surface area contributed by atoms with E-state index in [1.165, 1.54) is 11.1 Å². The van der Waals surface area contributed by atoms with Crippen LogP contribution in [-0.2, 0) is 32.6 Å². The van der Waals surface area contributed by atoms with Gasteiger partial charge in [0.1, 0.15) is 17.2 Å². The zero-order valence-corrected chi connectivity index (χ0v) is 34.2. The van der Waals surface area contributed by atoms with Crippen molar-refractivity contribution in [2.24, 2.45) is 11.5 Å². The molecule has 0 aliphatic carbocycles. The number of nitrogens with two attached hydrogens (primary N) is 2. The molecule has 5 aliphatic heterocycles. The number of rotatable bonds is 9. The van der Waals surface area contributed by atoms with Crippen molar-refractivity contribution in [1.82, 2.24) is 19.7 Å². The fourth-order valence-corrected chi connectivity index (χ4v) is 9.99. The number of likely N-dealkylation sites (tertiary alicyclic amines) is 3. The van der Waals surface area contributed by atoms with Crippen LogP contribution in [0.4, 0.5) is 0 Å². The lowest BCUT2D eigenvalue weighted by molar-refractivity contribution is -0.132. The van der Waals surface area contributed by atoms with Crippen molar-refractivity contribution < 1.29 is 33.2 Å². The first-order chi connectivity index (χ1) is 29.8. The number of carbonyl (C=O) groups excluding carboxylic acids is 3. The molecule has 0 unspecified atom stereocenters. The summed E-state index contributed by atoms with van der Waals surface area (Å²) >= 11 is 0. The molecule has 5 aromatic rings. The van der Waals surface area contributed by atoms with Crippen LogP contribution in [0, 0.1) is 0 Å². The van der Waals surface area contributed by atoms with Crippen LogP contribution in [-0.4, -0.2) is 109 Å². The highest BCUT2D eigenvalue weighted by Crippen LogP contribution is 2.46. The summed E-state index contributed by atoms with van der Waals surface area (Å²) in [6, 6.07) is 29.5. The Hall–Kier alpha value is -5.67. The number of nitrogens with one attached hydrogen (secondary N) is 1. The maximum Gasteiger partial charge on any atom is 0.495 e. The number of nitrogens with zero attached hydrogens (tertiary/aromatic N) is 3. The van der Waals surface area contributed by atoms with E-state index in [2.05, 4.69) is 29.2 Å². The molecule has 4 fully saturated rings. The van der Waals surface area contributed by atoms with Gasteiger partial charge in [0.15, 0.2) is 6.61 Å². The summed E-state index contributed by atoms with van der Waals surface area (Å²) < 4.78 is 24.8. The number of hydrogen-bond acceptors (Lipinski definition) is 9. The number of piperidine rings is 2. The van der Waals surface area contributed by atoms with Gasteiger partial charge in [0.25, 0.3) is 17.7 Å². The molecular formula is C47H51BN6O7. The molecule has 14 heteroatoms. The first kappa shape index (κ1) is 39.5. The van der Waals surface area contributed by atoms with Gasteiger partial charge in [-0.15, -0.1) is 0 Å². The number of aromatic nitrogens is 1. The number of amides is 3. The van der Waals surface area contributed by atoms with Crippen LogP contribution < -0.4 is 26.4 Å². The number of H-pyrrole nitrogens is 1. The number of fused-ring (bicyclic) bond motifs is 4. The largest absolute Gasteiger partial charge is 0.495 e. The average molecular weight is 823 g/mol. The molecule has 5 aliphatic rings. The highest BCUT2D eigenvalue weighted by atomic mass is 16.7. The van der Waals surface area contributed by atoms with E-state index in [1.54, 1.807) is 29.2 Å². The molecule has 0 radical (unpaired) electrons. The van der Waals surface area contributed by atoms with Crippen molar-refractivity contribution in [2.75, 3.05) is 52.5 Å². The molecule has 6 heterocycles. The topological polar surface area (TPSA) is 166 Å². The molecule has 1 aromatic heterocycles.